The highest BCUT2D eigenvalue weighted by atomic mass is 16.2. The molecule has 1 aliphatic carbocycles. The van der Waals surface area contributed by atoms with Gasteiger partial charge in [-0.3, -0.25) is 9.78 Å². The molecule has 10 heteroatoms. The smallest absolute Gasteiger partial charge is 0.254 e. The molecular formula is C31H31N9O. The van der Waals surface area contributed by atoms with Gasteiger partial charge in [0.1, 0.15) is 17.8 Å². The molecule has 0 saturated heterocycles. The molecule has 0 spiro atoms. The third-order valence-corrected chi connectivity index (χ3v) is 7.53. The Labute approximate surface area is 238 Å². The molecule has 1 aliphatic heterocycles. The molecule has 2 N–H and O–H groups in total. The van der Waals surface area contributed by atoms with Gasteiger partial charge in [0, 0.05) is 37.4 Å². The van der Waals surface area contributed by atoms with E-state index in [0.29, 0.717) is 63.8 Å². The van der Waals surface area contributed by atoms with Crippen LogP contribution in [-0.2, 0) is 6.54 Å². The van der Waals surface area contributed by atoms with Crippen LogP contribution >= 0.6 is 0 Å². The lowest BCUT2D eigenvalue weighted by Gasteiger charge is -2.23. The van der Waals surface area contributed by atoms with Crippen LogP contribution < -0.4 is 10.6 Å². The minimum atomic E-state index is -0.505. The molecule has 2 aliphatic rings. The van der Waals surface area contributed by atoms with Gasteiger partial charge >= 0.3 is 0 Å². The van der Waals surface area contributed by atoms with E-state index in [4.69, 9.17) is 0 Å². The van der Waals surface area contributed by atoms with Gasteiger partial charge in [-0.25, -0.2) is 4.68 Å². The maximum Gasteiger partial charge on any atom is 0.254 e. The molecule has 1 saturated carbocycles. The summed E-state index contributed by atoms with van der Waals surface area (Å²) in [6.07, 6.45) is 5.59. The van der Waals surface area contributed by atoms with Gasteiger partial charge in [-0.05, 0) is 41.5 Å². The number of benzene rings is 2. The van der Waals surface area contributed by atoms with Crippen LogP contribution in [0.2, 0.25) is 0 Å². The average Bonchev–Trinajstić information content (AvgIpc) is 3.61. The molecule has 10 nitrogen and oxygen atoms in total. The number of nitrogens with one attached hydrogen (secondary N) is 2. The number of carbonyl (C=O) groups excluding carboxylic acids is 1. The number of nitriles is 2. The first-order chi connectivity index (χ1) is 19.7. The van der Waals surface area contributed by atoms with Crippen molar-refractivity contribution in [3.8, 4) is 12.1 Å². The highest BCUT2D eigenvalue weighted by Crippen LogP contribution is 2.38. The molecule has 1 amide bonds. The van der Waals surface area contributed by atoms with Crippen molar-refractivity contribution in [1.82, 2.24) is 24.9 Å². The van der Waals surface area contributed by atoms with Crippen molar-refractivity contribution in [2.45, 2.75) is 52.2 Å². The number of carbonyl (C=O) groups is 1. The predicted molar refractivity (Wildman–Crippen MR) is 155 cm³/mol. The first-order valence-corrected chi connectivity index (χ1v) is 13.7. The van der Waals surface area contributed by atoms with E-state index in [9.17, 15) is 15.3 Å². The van der Waals surface area contributed by atoms with Crippen molar-refractivity contribution in [1.29, 1.82) is 10.5 Å². The summed E-state index contributed by atoms with van der Waals surface area (Å²) in [7, 11) is 1.80. The average molecular weight is 546 g/mol. The van der Waals surface area contributed by atoms with E-state index in [2.05, 4.69) is 58.8 Å². The molecule has 1 atom stereocenters. The van der Waals surface area contributed by atoms with Crippen molar-refractivity contribution < 1.29 is 4.79 Å². The van der Waals surface area contributed by atoms with Crippen LogP contribution in [0.3, 0.4) is 0 Å². The molecule has 0 radical (unpaired) electrons. The van der Waals surface area contributed by atoms with Crippen molar-refractivity contribution >= 4 is 28.2 Å². The summed E-state index contributed by atoms with van der Waals surface area (Å²) in [6, 6.07) is 13.9. The maximum atomic E-state index is 13.2. The van der Waals surface area contributed by atoms with Gasteiger partial charge < -0.3 is 15.5 Å². The van der Waals surface area contributed by atoms with Gasteiger partial charge in [0.15, 0.2) is 0 Å². The number of hydrogen-bond donors (Lipinski definition) is 2. The Morgan fingerprint density at radius 2 is 1.93 bits per heavy atom. The zero-order valence-corrected chi connectivity index (χ0v) is 23.6. The number of nitrogens with zero attached hydrogens (tertiary/aromatic N) is 7. The largest absolute Gasteiger partial charge is 0.383 e. The topological polar surface area (TPSA) is 136 Å². The molecule has 206 valence electrons. The van der Waals surface area contributed by atoms with Crippen LogP contribution in [0.15, 0.2) is 42.7 Å². The SMILES string of the molecule is CN1Cc2cccc(C(Nc3cc(C#N)c4ncc(C#N)c(NCC(C)(C)C)c4c3)c3cn(C4CC4)nn3)c2C1=O. The molecule has 6 rings (SSSR count). The molecule has 2 aromatic heterocycles. The highest BCUT2D eigenvalue weighted by molar-refractivity contribution is 6.01. The first kappa shape index (κ1) is 26.3. The minimum absolute atomic E-state index is 0.0373. The summed E-state index contributed by atoms with van der Waals surface area (Å²) in [6.45, 7) is 7.50. The summed E-state index contributed by atoms with van der Waals surface area (Å²) >= 11 is 0. The molecule has 1 fully saturated rings. The monoisotopic (exact) mass is 545 g/mol. The second-order valence-corrected chi connectivity index (χ2v) is 12.1. The summed E-state index contributed by atoms with van der Waals surface area (Å²) in [5, 5.41) is 36.5. The minimum Gasteiger partial charge on any atom is -0.383 e. The maximum absolute atomic E-state index is 13.2. The van der Waals surface area contributed by atoms with Gasteiger partial charge in [-0.15, -0.1) is 5.10 Å². The van der Waals surface area contributed by atoms with Gasteiger partial charge in [-0.1, -0.05) is 44.2 Å². The van der Waals surface area contributed by atoms with Crippen molar-refractivity contribution in [2.24, 2.45) is 5.41 Å². The van der Waals surface area contributed by atoms with Crippen molar-refractivity contribution in [2.75, 3.05) is 24.2 Å². The van der Waals surface area contributed by atoms with Crippen molar-refractivity contribution in [3.05, 3.63) is 76.2 Å². The van der Waals surface area contributed by atoms with Crippen LogP contribution in [-0.4, -0.2) is 44.4 Å². The van der Waals surface area contributed by atoms with E-state index in [1.54, 1.807) is 18.0 Å². The van der Waals surface area contributed by atoms with E-state index >= 15 is 0 Å². The Morgan fingerprint density at radius 3 is 2.63 bits per heavy atom. The molecule has 3 heterocycles. The number of fused-ring (bicyclic) bond motifs is 2. The Bertz CT molecular complexity index is 1770. The second kappa shape index (κ2) is 9.90. The quantitative estimate of drug-likeness (QED) is 0.325. The Balaban J connectivity index is 1.49. The fourth-order valence-corrected chi connectivity index (χ4v) is 5.29. The van der Waals surface area contributed by atoms with Gasteiger partial charge in [0.2, 0.25) is 0 Å². The van der Waals surface area contributed by atoms with Crippen LogP contribution in [0.1, 0.15) is 84.0 Å². The summed E-state index contributed by atoms with van der Waals surface area (Å²) in [5.74, 6) is -0.0373. The number of pyridine rings is 1. The third-order valence-electron chi connectivity index (χ3n) is 7.53. The lowest BCUT2D eigenvalue weighted by Crippen LogP contribution is -2.21. The lowest BCUT2D eigenvalue weighted by molar-refractivity contribution is 0.0815. The second-order valence-electron chi connectivity index (χ2n) is 12.1. The molecule has 41 heavy (non-hydrogen) atoms. The molecule has 2 aromatic carbocycles. The number of anilines is 2. The van der Waals surface area contributed by atoms with Gasteiger partial charge in [0.25, 0.3) is 5.91 Å². The molecular weight excluding hydrogens is 514 g/mol. The standard InChI is InChI=1S/C31H31N9O/c1-31(2,3)17-35-28-20(13-33)14-34-27-19(12-32)10-21(11-24(27)28)36-29(25-16-40(38-37-25)22-8-9-22)23-7-5-6-18-15-39(4)30(41)26(18)23/h5-7,10-11,14,16,22,29,36H,8-9,15,17H2,1-4H3,(H,34,35). The Kier molecular flexibility index (Phi) is 6.34. The summed E-state index contributed by atoms with van der Waals surface area (Å²) < 4.78 is 1.89. The normalized spacial score (nSPS) is 15.4. The zero-order valence-electron chi connectivity index (χ0n) is 23.6. The zero-order chi connectivity index (χ0) is 28.9. The van der Waals surface area contributed by atoms with E-state index in [1.165, 1.54) is 6.20 Å². The summed E-state index contributed by atoms with van der Waals surface area (Å²) in [5.41, 5.74) is 5.65. The van der Waals surface area contributed by atoms with Crippen LogP contribution in [0.5, 0.6) is 0 Å². The third kappa shape index (κ3) is 4.93. The number of aromatic nitrogens is 4. The Morgan fingerprint density at radius 1 is 1.15 bits per heavy atom. The van der Waals surface area contributed by atoms with Crippen LogP contribution in [0.4, 0.5) is 11.4 Å². The highest BCUT2D eigenvalue weighted by Gasteiger charge is 2.33. The summed E-state index contributed by atoms with van der Waals surface area (Å²) in [4.78, 5) is 19.4. The van der Waals surface area contributed by atoms with Crippen LogP contribution in [0, 0.1) is 28.1 Å². The van der Waals surface area contributed by atoms with Gasteiger partial charge in [-0.2, -0.15) is 10.5 Å². The molecule has 1 unspecified atom stereocenters. The fraction of sp³-hybridized carbons (Fsp3) is 0.355. The van der Waals surface area contributed by atoms with E-state index < -0.39 is 6.04 Å². The number of hydrogen-bond acceptors (Lipinski definition) is 8. The predicted octanol–water partition coefficient (Wildman–Crippen LogP) is 5.15. The number of amides is 1. The first-order valence-electron chi connectivity index (χ1n) is 13.7. The molecule has 0 bridgehead atoms. The van der Waals surface area contributed by atoms with E-state index in [0.717, 1.165) is 24.0 Å². The Hall–Kier alpha value is -4.96. The lowest BCUT2D eigenvalue weighted by atomic mass is 9.94. The number of rotatable bonds is 7. The fourth-order valence-electron chi connectivity index (χ4n) is 5.29. The van der Waals surface area contributed by atoms with E-state index in [1.807, 2.05) is 35.1 Å². The van der Waals surface area contributed by atoms with E-state index in [-0.39, 0.29) is 11.3 Å². The van der Waals surface area contributed by atoms with Gasteiger partial charge in [0.05, 0.1) is 46.2 Å². The van der Waals surface area contributed by atoms with Crippen LogP contribution in [0.25, 0.3) is 10.9 Å². The van der Waals surface area contributed by atoms with Crippen molar-refractivity contribution in [3.63, 3.8) is 0 Å². The molecule has 4 aromatic rings.